The van der Waals surface area contributed by atoms with E-state index in [1.165, 1.54) is 0 Å². The summed E-state index contributed by atoms with van der Waals surface area (Å²) in [5.74, 6) is -0.164. The van der Waals surface area contributed by atoms with E-state index < -0.39 is 6.10 Å². The summed E-state index contributed by atoms with van der Waals surface area (Å²) < 4.78 is 5.11. The largest absolute Gasteiger partial charge is 0.365 e. The molecule has 14 heavy (non-hydrogen) atoms. The highest BCUT2D eigenvalue weighted by Crippen LogP contribution is 2.04. The molecule has 0 bridgehead atoms. The van der Waals surface area contributed by atoms with E-state index in [0.717, 1.165) is 6.21 Å². The number of carbonyl (C=O) groups excluding carboxylic acids is 1. The lowest BCUT2D eigenvalue weighted by molar-refractivity contribution is 0.0666. The number of Topliss-reactive ketones (excluding diaryl/α,β-unsaturated/α-hetero) is 1. The van der Waals surface area contributed by atoms with Crippen LogP contribution in [0.25, 0.3) is 0 Å². The molecule has 1 N–H and O–H groups in total. The van der Waals surface area contributed by atoms with Crippen LogP contribution >= 0.6 is 0 Å². The van der Waals surface area contributed by atoms with Crippen molar-refractivity contribution < 1.29 is 9.53 Å². The molecule has 0 radical (unpaired) electrons. The molecule has 0 aliphatic rings. The van der Waals surface area contributed by atoms with Crippen LogP contribution in [0.2, 0.25) is 0 Å². The summed E-state index contributed by atoms with van der Waals surface area (Å²) in [4.78, 5) is 11.7. The van der Waals surface area contributed by atoms with E-state index in [9.17, 15) is 4.79 Å². The van der Waals surface area contributed by atoms with Crippen molar-refractivity contribution in [3.63, 3.8) is 0 Å². The van der Waals surface area contributed by atoms with E-state index in [-0.39, 0.29) is 5.78 Å². The Balaban J connectivity index is 2.78. The van der Waals surface area contributed by atoms with Crippen molar-refractivity contribution in [2.24, 2.45) is 0 Å². The van der Waals surface area contributed by atoms with Gasteiger partial charge in [0, 0.05) is 18.4 Å². The third kappa shape index (κ3) is 2.50. The maximum absolute atomic E-state index is 11.7. The van der Waals surface area contributed by atoms with Gasteiger partial charge in [-0.25, -0.2) is 0 Å². The minimum Gasteiger partial charge on any atom is -0.365 e. The van der Waals surface area contributed by atoms with Crippen LogP contribution in [-0.4, -0.2) is 24.7 Å². The number of hydrogen-bond acceptors (Lipinski definition) is 3. The van der Waals surface area contributed by atoms with Gasteiger partial charge in [0.25, 0.3) is 0 Å². The van der Waals surface area contributed by atoms with Gasteiger partial charge in [0.1, 0.15) is 0 Å². The quantitative estimate of drug-likeness (QED) is 0.571. The van der Waals surface area contributed by atoms with Crippen LogP contribution < -0.4 is 0 Å². The first-order chi connectivity index (χ1) is 6.79. The summed E-state index contributed by atoms with van der Waals surface area (Å²) in [5.41, 5.74) is 0.578. The molecule has 1 atom stereocenters. The van der Waals surface area contributed by atoms with Gasteiger partial charge in [0.15, 0.2) is 11.9 Å². The standard InChI is InChI=1S/C11H13NO2/c1-2-14-10(8-12)11(13)9-6-4-3-5-7-9/h3-8,10,12H,2H2,1H3. The summed E-state index contributed by atoms with van der Waals surface area (Å²) in [5, 5.41) is 7.07. The summed E-state index contributed by atoms with van der Waals surface area (Å²) >= 11 is 0. The molecule has 1 aromatic carbocycles. The third-order valence-corrected chi connectivity index (χ3v) is 1.81. The number of benzene rings is 1. The van der Waals surface area contributed by atoms with E-state index >= 15 is 0 Å². The summed E-state index contributed by atoms with van der Waals surface area (Å²) in [6.07, 6.45) is 0.279. The van der Waals surface area contributed by atoms with Crippen LogP contribution in [-0.2, 0) is 4.74 Å². The van der Waals surface area contributed by atoms with Crippen molar-refractivity contribution in [3.8, 4) is 0 Å². The van der Waals surface area contributed by atoms with Crippen molar-refractivity contribution >= 4 is 12.0 Å². The molecule has 0 fully saturated rings. The first-order valence-electron chi connectivity index (χ1n) is 4.51. The average molecular weight is 191 g/mol. The highest BCUT2D eigenvalue weighted by atomic mass is 16.5. The van der Waals surface area contributed by atoms with Gasteiger partial charge < -0.3 is 10.1 Å². The van der Waals surface area contributed by atoms with Crippen LogP contribution in [0.1, 0.15) is 17.3 Å². The second-order valence-electron chi connectivity index (χ2n) is 2.77. The van der Waals surface area contributed by atoms with Crippen molar-refractivity contribution in [2.45, 2.75) is 13.0 Å². The maximum atomic E-state index is 11.7. The Morgan fingerprint density at radius 3 is 2.64 bits per heavy atom. The van der Waals surface area contributed by atoms with Crippen LogP contribution in [0, 0.1) is 5.41 Å². The second-order valence-corrected chi connectivity index (χ2v) is 2.77. The number of ketones is 1. The number of rotatable bonds is 5. The van der Waals surface area contributed by atoms with Crippen LogP contribution in [0.4, 0.5) is 0 Å². The van der Waals surface area contributed by atoms with E-state index in [2.05, 4.69) is 0 Å². The first-order valence-corrected chi connectivity index (χ1v) is 4.51. The number of hydrogen-bond donors (Lipinski definition) is 1. The topological polar surface area (TPSA) is 50.1 Å². The molecule has 0 heterocycles. The fraction of sp³-hybridized carbons (Fsp3) is 0.273. The van der Waals surface area contributed by atoms with Crippen molar-refractivity contribution in [1.82, 2.24) is 0 Å². The molecule has 1 rings (SSSR count). The molecular formula is C11H13NO2. The normalized spacial score (nSPS) is 12.1. The zero-order chi connectivity index (χ0) is 10.4. The molecular weight excluding hydrogens is 178 g/mol. The van der Waals surface area contributed by atoms with Gasteiger partial charge in [0.2, 0.25) is 0 Å². The molecule has 0 aromatic heterocycles. The molecule has 0 aliphatic carbocycles. The van der Waals surface area contributed by atoms with Gasteiger partial charge in [-0.3, -0.25) is 4.79 Å². The Labute approximate surface area is 83.2 Å². The molecule has 1 unspecified atom stereocenters. The summed E-state index contributed by atoms with van der Waals surface area (Å²) in [7, 11) is 0. The molecule has 0 saturated carbocycles. The minimum atomic E-state index is -0.748. The highest BCUT2D eigenvalue weighted by Gasteiger charge is 2.16. The molecule has 3 heteroatoms. The zero-order valence-electron chi connectivity index (χ0n) is 8.07. The van der Waals surface area contributed by atoms with Crippen molar-refractivity contribution in [3.05, 3.63) is 35.9 Å². The predicted octanol–water partition coefficient (Wildman–Crippen LogP) is 1.92. The van der Waals surface area contributed by atoms with Gasteiger partial charge in [-0.2, -0.15) is 0 Å². The number of carbonyl (C=O) groups is 1. The van der Waals surface area contributed by atoms with E-state index in [1.54, 1.807) is 31.2 Å². The zero-order valence-corrected chi connectivity index (χ0v) is 8.07. The van der Waals surface area contributed by atoms with Gasteiger partial charge in [-0.05, 0) is 6.92 Å². The van der Waals surface area contributed by atoms with E-state index in [4.69, 9.17) is 10.1 Å². The van der Waals surface area contributed by atoms with Gasteiger partial charge >= 0.3 is 0 Å². The Morgan fingerprint density at radius 1 is 1.50 bits per heavy atom. The van der Waals surface area contributed by atoms with Crippen LogP contribution in [0.5, 0.6) is 0 Å². The third-order valence-electron chi connectivity index (χ3n) is 1.81. The molecule has 74 valence electrons. The Hall–Kier alpha value is -1.48. The van der Waals surface area contributed by atoms with E-state index in [1.807, 2.05) is 6.07 Å². The summed E-state index contributed by atoms with van der Waals surface area (Å²) in [6, 6.07) is 8.87. The molecule has 0 spiro atoms. The highest BCUT2D eigenvalue weighted by molar-refractivity contribution is 6.08. The monoisotopic (exact) mass is 191 g/mol. The fourth-order valence-electron chi connectivity index (χ4n) is 1.15. The second kappa shape index (κ2) is 5.29. The Kier molecular flexibility index (Phi) is 4.01. The lowest BCUT2D eigenvalue weighted by Crippen LogP contribution is -2.25. The molecule has 3 nitrogen and oxygen atoms in total. The predicted molar refractivity (Wildman–Crippen MR) is 55.0 cm³/mol. The molecule has 0 amide bonds. The lowest BCUT2D eigenvalue weighted by atomic mass is 10.1. The fourth-order valence-corrected chi connectivity index (χ4v) is 1.15. The maximum Gasteiger partial charge on any atom is 0.197 e. The van der Waals surface area contributed by atoms with Crippen LogP contribution in [0.15, 0.2) is 30.3 Å². The van der Waals surface area contributed by atoms with Gasteiger partial charge in [-0.1, -0.05) is 30.3 Å². The smallest absolute Gasteiger partial charge is 0.197 e. The van der Waals surface area contributed by atoms with Crippen molar-refractivity contribution in [2.75, 3.05) is 6.61 Å². The molecule has 1 aromatic rings. The van der Waals surface area contributed by atoms with Gasteiger partial charge in [0.05, 0.1) is 0 Å². The Bertz CT molecular complexity index is 308. The van der Waals surface area contributed by atoms with Crippen LogP contribution in [0.3, 0.4) is 0 Å². The Morgan fingerprint density at radius 2 is 2.14 bits per heavy atom. The number of ether oxygens (including phenoxy) is 1. The minimum absolute atomic E-state index is 0.164. The SMILES string of the molecule is CCOC(C=N)C(=O)c1ccccc1. The first kappa shape index (κ1) is 10.6. The molecule has 0 aliphatic heterocycles. The average Bonchev–Trinajstić information content (AvgIpc) is 2.26. The van der Waals surface area contributed by atoms with Crippen molar-refractivity contribution in [1.29, 1.82) is 5.41 Å². The summed E-state index contributed by atoms with van der Waals surface area (Å²) in [6.45, 7) is 2.23. The number of nitrogens with one attached hydrogen (secondary N) is 1. The lowest BCUT2D eigenvalue weighted by Gasteiger charge is -2.09. The molecule has 0 saturated heterocycles. The van der Waals surface area contributed by atoms with E-state index in [0.29, 0.717) is 12.2 Å². The van der Waals surface area contributed by atoms with Gasteiger partial charge in [-0.15, -0.1) is 0 Å².